The summed E-state index contributed by atoms with van der Waals surface area (Å²) in [5, 5.41) is 23.3. The molecule has 2 atom stereocenters. The normalized spacial score (nSPS) is 12.5. The molecule has 0 radical (unpaired) electrons. The zero-order valence-electron chi connectivity index (χ0n) is 52.5. The van der Waals surface area contributed by atoms with Crippen LogP contribution in [0.2, 0.25) is 0 Å². The second-order valence-corrected chi connectivity index (χ2v) is 24.6. The van der Waals surface area contributed by atoms with Gasteiger partial charge in [0.25, 0.3) is 0 Å². The molecule has 2 unspecified atom stereocenters. The minimum absolute atomic E-state index is 0.0220. The van der Waals surface area contributed by atoms with E-state index in [0.717, 1.165) is 38.5 Å². The molecule has 0 spiro atoms. The van der Waals surface area contributed by atoms with Crippen LogP contribution in [0.3, 0.4) is 0 Å². The van der Waals surface area contributed by atoms with Crippen LogP contribution in [-0.4, -0.2) is 47.4 Å². The summed E-state index contributed by atoms with van der Waals surface area (Å²) in [4.78, 5) is 24.6. The minimum atomic E-state index is -0.661. The van der Waals surface area contributed by atoms with E-state index in [1.54, 1.807) is 0 Å². The van der Waals surface area contributed by atoms with Crippen molar-refractivity contribution in [3.8, 4) is 0 Å². The van der Waals surface area contributed by atoms with Crippen LogP contribution in [0.1, 0.15) is 406 Å². The van der Waals surface area contributed by atoms with E-state index < -0.39 is 12.1 Å². The van der Waals surface area contributed by atoms with Crippen molar-refractivity contribution < 1.29 is 24.5 Å². The van der Waals surface area contributed by atoms with Crippen molar-refractivity contribution in [1.82, 2.24) is 5.32 Å². The topological polar surface area (TPSA) is 95.9 Å². The molecule has 0 heterocycles. The molecule has 3 N–H and O–H groups in total. The average Bonchev–Trinajstić information content (AvgIpc) is 3.43. The highest BCUT2D eigenvalue weighted by Crippen LogP contribution is 2.19. The van der Waals surface area contributed by atoms with E-state index in [0.29, 0.717) is 25.9 Å². The number of esters is 1. The van der Waals surface area contributed by atoms with Gasteiger partial charge in [-0.05, 0) is 51.4 Å². The molecule has 0 aromatic carbocycles. The van der Waals surface area contributed by atoms with E-state index in [9.17, 15) is 19.8 Å². The summed E-state index contributed by atoms with van der Waals surface area (Å²) in [5.41, 5.74) is 0. The van der Waals surface area contributed by atoms with Gasteiger partial charge in [-0.2, -0.15) is 0 Å². The Hall–Kier alpha value is -1.40. The highest BCUT2D eigenvalue weighted by molar-refractivity contribution is 5.76. The van der Waals surface area contributed by atoms with E-state index in [1.165, 1.54) is 334 Å². The van der Waals surface area contributed by atoms with Gasteiger partial charge in [-0.15, -0.1) is 0 Å². The third-order valence-corrected chi connectivity index (χ3v) is 16.8. The quantitative estimate of drug-likeness (QED) is 0.0320. The Bertz CT molecular complexity index is 1160. The first-order chi connectivity index (χ1) is 38.0. The fraction of sp³-hybridized carbons (Fsp3) is 0.944. The average molecular weight is 1090 g/mol. The summed E-state index contributed by atoms with van der Waals surface area (Å²) in [6.07, 6.45) is 82.7. The fourth-order valence-corrected chi connectivity index (χ4v) is 11.4. The molecule has 0 aromatic rings. The molecule has 0 saturated carbocycles. The van der Waals surface area contributed by atoms with Crippen LogP contribution in [-0.2, 0) is 14.3 Å². The van der Waals surface area contributed by atoms with Crippen molar-refractivity contribution in [3.05, 3.63) is 12.2 Å². The van der Waals surface area contributed by atoms with Gasteiger partial charge < -0.3 is 20.3 Å². The number of hydrogen-bond acceptors (Lipinski definition) is 5. The zero-order chi connectivity index (χ0) is 55.7. The zero-order valence-corrected chi connectivity index (χ0v) is 52.5. The summed E-state index contributed by atoms with van der Waals surface area (Å²) in [5.74, 6) is -0.00793. The van der Waals surface area contributed by atoms with Gasteiger partial charge in [-0.3, -0.25) is 9.59 Å². The molecule has 0 rings (SSSR count). The molecule has 0 aliphatic heterocycles. The Morgan fingerprint density at radius 2 is 0.610 bits per heavy atom. The molecule has 0 saturated heterocycles. The van der Waals surface area contributed by atoms with Gasteiger partial charge in [-0.25, -0.2) is 0 Å². The maximum Gasteiger partial charge on any atom is 0.305 e. The third kappa shape index (κ3) is 63.6. The van der Waals surface area contributed by atoms with Gasteiger partial charge in [-0.1, -0.05) is 353 Å². The Balaban J connectivity index is 3.32. The molecule has 0 aliphatic rings. The first-order valence-corrected chi connectivity index (χ1v) is 35.4. The second-order valence-electron chi connectivity index (χ2n) is 24.6. The summed E-state index contributed by atoms with van der Waals surface area (Å²) in [7, 11) is 0. The third-order valence-electron chi connectivity index (χ3n) is 16.8. The van der Waals surface area contributed by atoms with Crippen molar-refractivity contribution in [2.75, 3.05) is 13.2 Å². The van der Waals surface area contributed by atoms with E-state index in [4.69, 9.17) is 4.74 Å². The number of allylic oxidation sites excluding steroid dienone is 2. The van der Waals surface area contributed by atoms with Gasteiger partial charge in [0.1, 0.15) is 0 Å². The first kappa shape index (κ1) is 75.6. The van der Waals surface area contributed by atoms with E-state index in [2.05, 4.69) is 31.3 Å². The predicted octanol–water partition coefficient (Wildman–Crippen LogP) is 22.8. The molecular weight excluding hydrogens is 947 g/mol. The van der Waals surface area contributed by atoms with E-state index in [-0.39, 0.29) is 18.5 Å². The smallest absolute Gasteiger partial charge is 0.305 e. The van der Waals surface area contributed by atoms with Crippen molar-refractivity contribution in [3.63, 3.8) is 0 Å². The van der Waals surface area contributed by atoms with Crippen molar-refractivity contribution in [1.29, 1.82) is 0 Å². The van der Waals surface area contributed by atoms with Gasteiger partial charge in [0.05, 0.1) is 25.4 Å². The lowest BCUT2D eigenvalue weighted by molar-refractivity contribution is -0.143. The number of aliphatic hydroxyl groups is 2. The fourth-order valence-electron chi connectivity index (χ4n) is 11.4. The summed E-state index contributed by atoms with van der Waals surface area (Å²) in [6.45, 7) is 4.99. The first-order valence-electron chi connectivity index (χ1n) is 35.4. The van der Waals surface area contributed by atoms with Crippen LogP contribution in [0, 0.1) is 0 Å². The summed E-state index contributed by atoms with van der Waals surface area (Å²) in [6, 6.07) is -0.538. The summed E-state index contributed by atoms with van der Waals surface area (Å²) < 4.78 is 5.50. The predicted molar refractivity (Wildman–Crippen MR) is 338 cm³/mol. The number of carbonyl (C=O) groups is 2. The summed E-state index contributed by atoms with van der Waals surface area (Å²) >= 11 is 0. The van der Waals surface area contributed by atoms with Crippen LogP contribution < -0.4 is 5.32 Å². The number of amides is 1. The number of nitrogens with one attached hydrogen (secondary N) is 1. The number of hydrogen-bond donors (Lipinski definition) is 3. The molecule has 458 valence electrons. The highest BCUT2D eigenvalue weighted by atomic mass is 16.5. The number of ether oxygens (including phenoxy) is 1. The number of aliphatic hydroxyl groups excluding tert-OH is 2. The largest absolute Gasteiger partial charge is 0.466 e. The lowest BCUT2D eigenvalue weighted by Crippen LogP contribution is -2.45. The SMILES string of the molecule is CCCCCCCCCCCCCCCCCC(=O)OCCCCCCCCCCCCCC/C=C\CCCCCCCCCCCCCCCCCCC(=O)NC(CO)C(O)CCCCCCCCCCCCCCC. The van der Waals surface area contributed by atoms with Crippen molar-refractivity contribution in [2.24, 2.45) is 0 Å². The lowest BCUT2D eigenvalue weighted by Gasteiger charge is -2.22. The molecule has 1 amide bonds. The Labute approximate surface area is 482 Å². The van der Waals surface area contributed by atoms with Gasteiger partial charge in [0.2, 0.25) is 5.91 Å². The van der Waals surface area contributed by atoms with Crippen LogP contribution in [0.5, 0.6) is 0 Å². The maximum absolute atomic E-state index is 12.5. The standard InChI is InChI=1S/C71H139NO5/c1-3-5-7-9-11-13-15-17-36-41-45-49-53-57-61-65-71(76)77-66-62-58-54-50-46-42-38-35-33-31-29-27-25-23-21-19-18-20-22-24-26-28-30-32-34-37-40-44-48-52-56-60-64-70(75)72-68(67-73)69(74)63-59-55-51-47-43-39-16-14-12-10-8-6-4-2/h21,23,68-69,73-74H,3-20,22,24-67H2,1-2H3,(H,72,75)/b23-21-. The van der Waals surface area contributed by atoms with Gasteiger partial charge >= 0.3 is 5.97 Å². The molecule has 0 aromatic heterocycles. The van der Waals surface area contributed by atoms with E-state index >= 15 is 0 Å². The number of unbranched alkanes of at least 4 members (excludes halogenated alkanes) is 54. The second kappa shape index (κ2) is 67.1. The van der Waals surface area contributed by atoms with Crippen molar-refractivity contribution >= 4 is 11.9 Å². The van der Waals surface area contributed by atoms with Crippen LogP contribution in [0.15, 0.2) is 12.2 Å². The van der Waals surface area contributed by atoms with Crippen molar-refractivity contribution in [2.45, 2.75) is 418 Å². The minimum Gasteiger partial charge on any atom is -0.466 e. The molecule has 0 bridgehead atoms. The van der Waals surface area contributed by atoms with Crippen LogP contribution in [0.25, 0.3) is 0 Å². The Morgan fingerprint density at radius 1 is 0.351 bits per heavy atom. The number of rotatable bonds is 67. The number of carbonyl (C=O) groups excluding carboxylic acids is 2. The highest BCUT2D eigenvalue weighted by Gasteiger charge is 2.20. The monoisotopic (exact) mass is 1090 g/mol. The molecule has 0 fully saturated rings. The molecule has 0 aliphatic carbocycles. The van der Waals surface area contributed by atoms with E-state index in [1.807, 2.05) is 0 Å². The molecular formula is C71H139NO5. The van der Waals surface area contributed by atoms with Crippen LogP contribution in [0.4, 0.5) is 0 Å². The lowest BCUT2D eigenvalue weighted by atomic mass is 10.0. The molecule has 6 heteroatoms. The molecule has 77 heavy (non-hydrogen) atoms. The van der Waals surface area contributed by atoms with Gasteiger partial charge in [0, 0.05) is 12.8 Å². The Kier molecular flexibility index (Phi) is 65.9. The maximum atomic E-state index is 12.5. The molecule has 6 nitrogen and oxygen atoms in total. The Morgan fingerprint density at radius 3 is 0.922 bits per heavy atom. The van der Waals surface area contributed by atoms with Gasteiger partial charge in [0.15, 0.2) is 0 Å². The van der Waals surface area contributed by atoms with Crippen LogP contribution >= 0.6 is 0 Å².